The van der Waals surface area contributed by atoms with Gasteiger partial charge in [-0.3, -0.25) is 4.79 Å². The van der Waals surface area contributed by atoms with E-state index < -0.39 is 5.97 Å². The van der Waals surface area contributed by atoms with Crippen LogP contribution in [0.5, 0.6) is 0 Å². The number of ether oxygens (including phenoxy) is 1. The molecule has 14 heavy (non-hydrogen) atoms. The maximum Gasteiger partial charge on any atom is 0.344 e. The molecule has 0 saturated carbocycles. The zero-order valence-electron chi connectivity index (χ0n) is 8.21. The lowest BCUT2D eigenvalue weighted by molar-refractivity contribution is 0.0598. The van der Waals surface area contributed by atoms with Crippen LogP contribution in [0.3, 0.4) is 0 Å². The fourth-order valence-corrected chi connectivity index (χ4v) is 1.29. The zero-order valence-corrected chi connectivity index (χ0v) is 8.21. The molecule has 1 rings (SSSR count). The average molecular weight is 197 g/mol. The predicted octanol–water partition coefficient (Wildman–Crippen LogP) is 1.16. The van der Waals surface area contributed by atoms with Crippen LogP contribution in [-0.4, -0.2) is 18.9 Å². The van der Waals surface area contributed by atoms with Crippen molar-refractivity contribution in [3.05, 3.63) is 16.9 Å². The van der Waals surface area contributed by atoms with Crippen molar-refractivity contribution in [2.45, 2.75) is 13.8 Å². The number of anilines is 1. The Morgan fingerprint density at radius 2 is 1.93 bits per heavy atom. The van der Waals surface area contributed by atoms with Gasteiger partial charge in [-0.1, -0.05) is 0 Å². The van der Waals surface area contributed by atoms with Crippen molar-refractivity contribution in [1.29, 1.82) is 0 Å². The molecule has 0 aliphatic heterocycles. The molecule has 0 fully saturated rings. The summed E-state index contributed by atoms with van der Waals surface area (Å²) in [4.78, 5) is 22.5. The second kappa shape index (κ2) is 3.53. The third-order valence-electron chi connectivity index (χ3n) is 1.85. The van der Waals surface area contributed by atoms with Crippen LogP contribution >= 0.6 is 0 Å². The number of nitrogens with two attached hydrogens (primary N) is 1. The van der Waals surface area contributed by atoms with Gasteiger partial charge in [0.25, 0.3) is 0 Å². The minimum Gasteiger partial charge on any atom is -0.465 e. The Morgan fingerprint density at radius 1 is 1.36 bits per heavy atom. The molecule has 0 atom stereocenters. The SMILES string of the molecule is COC(=O)c1c(N)oc(C)c1C(C)=O. The summed E-state index contributed by atoms with van der Waals surface area (Å²) < 4.78 is 9.48. The van der Waals surface area contributed by atoms with E-state index in [1.165, 1.54) is 14.0 Å². The van der Waals surface area contributed by atoms with Crippen molar-refractivity contribution in [1.82, 2.24) is 0 Å². The van der Waals surface area contributed by atoms with Crippen LogP contribution in [0.25, 0.3) is 0 Å². The van der Waals surface area contributed by atoms with E-state index in [0.29, 0.717) is 5.76 Å². The van der Waals surface area contributed by atoms with Crippen LogP contribution < -0.4 is 5.73 Å². The van der Waals surface area contributed by atoms with Crippen LogP contribution in [0.4, 0.5) is 5.88 Å². The number of nitrogen functional groups attached to an aromatic ring is 1. The quantitative estimate of drug-likeness (QED) is 0.568. The van der Waals surface area contributed by atoms with Gasteiger partial charge >= 0.3 is 5.97 Å². The van der Waals surface area contributed by atoms with Gasteiger partial charge in [0, 0.05) is 0 Å². The van der Waals surface area contributed by atoms with Crippen LogP contribution in [0.1, 0.15) is 33.4 Å². The zero-order chi connectivity index (χ0) is 10.9. The average Bonchev–Trinajstić information content (AvgIpc) is 2.39. The monoisotopic (exact) mass is 197 g/mol. The molecule has 0 aliphatic rings. The number of hydrogen-bond donors (Lipinski definition) is 1. The smallest absolute Gasteiger partial charge is 0.344 e. The van der Waals surface area contributed by atoms with Crippen molar-refractivity contribution in [3.8, 4) is 0 Å². The van der Waals surface area contributed by atoms with E-state index in [9.17, 15) is 9.59 Å². The first-order chi connectivity index (χ1) is 6.49. The highest BCUT2D eigenvalue weighted by Gasteiger charge is 2.25. The molecule has 0 aliphatic carbocycles. The Hall–Kier alpha value is -1.78. The van der Waals surface area contributed by atoms with Gasteiger partial charge < -0.3 is 14.9 Å². The Bertz CT molecular complexity index is 392. The van der Waals surface area contributed by atoms with E-state index >= 15 is 0 Å². The van der Waals surface area contributed by atoms with Crippen LogP contribution in [0.15, 0.2) is 4.42 Å². The summed E-state index contributed by atoms with van der Waals surface area (Å²) in [5.41, 5.74) is 5.64. The number of ketones is 1. The van der Waals surface area contributed by atoms with E-state index in [1.54, 1.807) is 6.92 Å². The highest BCUT2D eigenvalue weighted by molar-refractivity contribution is 6.08. The first kappa shape index (κ1) is 10.3. The number of hydrogen-bond acceptors (Lipinski definition) is 5. The first-order valence-corrected chi connectivity index (χ1v) is 3.97. The minimum atomic E-state index is -0.662. The lowest BCUT2D eigenvalue weighted by Gasteiger charge is -1.98. The third-order valence-corrected chi connectivity index (χ3v) is 1.85. The van der Waals surface area contributed by atoms with E-state index in [-0.39, 0.29) is 22.8 Å². The summed E-state index contributed by atoms with van der Waals surface area (Å²) in [6, 6.07) is 0. The van der Waals surface area contributed by atoms with Crippen LogP contribution in [-0.2, 0) is 4.74 Å². The molecule has 1 heterocycles. The van der Waals surface area contributed by atoms with Crippen molar-refractivity contribution in [3.63, 3.8) is 0 Å². The van der Waals surface area contributed by atoms with Crippen molar-refractivity contribution in [2.75, 3.05) is 12.8 Å². The fourth-order valence-electron chi connectivity index (χ4n) is 1.29. The molecule has 5 nitrogen and oxygen atoms in total. The number of carbonyl (C=O) groups excluding carboxylic acids is 2. The summed E-state index contributed by atoms with van der Waals surface area (Å²) in [5, 5.41) is 0. The largest absolute Gasteiger partial charge is 0.465 e. The van der Waals surface area contributed by atoms with E-state index in [2.05, 4.69) is 4.74 Å². The van der Waals surface area contributed by atoms with E-state index in [4.69, 9.17) is 10.2 Å². The van der Waals surface area contributed by atoms with Crippen molar-refractivity contribution >= 4 is 17.6 Å². The van der Waals surface area contributed by atoms with E-state index in [0.717, 1.165) is 0 Å². The molecule has 0 saturated heterocycles. The highest BCUT2D eigenvalue weighted by atomic mass is 16.5. The number of esters is 1. The summed E-state index contributed by atoms with van der Waals surface area (Å²) in [7, 11) is 1.22. The molecule has 5 heteroatoms. The first-order valence-electron chi connectivity index (χ1n) is 3.97. The van der Waals surface area contributed by atoms with Gasteiger partial charge in [-0.15, -0.1) is 0 Å². The van der Waals surface area contributed by atoms with Gasteiger partial charge in [-0.25, -0.2) is 4.79 Å². The lowest BCUT2D eigenvalue weighted by Crippen LogP contribution is -2.08. The molecule has 0 aromatic carbocycles. The number of furan rings is 1. The number of rotatable bonds is 2. The number of aryl methyl sites for hydroxylation is 1. The molecular weight excluding hydrogens is 186 g/mol. The molecule has 0 radical (unpaired) electrons. The molecule has 76 valence electrons. The summed E-state index contributed by atoms with van der Waals surface area (Å²) in [6.07, 6.45) is 0. The minimum absolute atomic E-state index is 0.0116. The highest BCUT2D eigenvalue weighted by Crippen LogP contribution is 2.25. The molecule has 0 unspecified atom stereocenters. The molecule has 1 aromatic heterocycles. The molecule has 0 bridgehead atoms. The Labute approximate surface area is 80.8 Å². The Balaban J connectivity index is 3.39. The normalized spacial score (nSPS) is 9.93. The van der Waals surface area contributed by atoms with Gasteiger partial charge in [0.05, 0.1) is 12.7 Å². The van der Waals surface area contributed by atoms with Gasteiger partial charge in [-0.2, -0.15) is 0 Å². The topological polar surface area (TPSA) is 82.5 Å². The van der Waals surface area contributed by atoms with Crippen LogP contribution in [0.2, 0.25) is 0 Å². The van der Waals surface area contributed by atoms with Gasteiger partial charge in [0.2, 0.25) is 5.88 Å². The summed E-state index contributed by atoms with van der Waals surface area (Å²) >= 11 is 0. The molecule has 0 amide bonds. The number of Topliss-reactive ketones (excluding diaryl/α,β-unsaturated/α-hetero) is 1. The van der Waals surface area contributed by atoms with E-state index in [1.807, 2.05) is 0 Å². The van der Waals surface area contributed by atoms with Crippen LogP contribution in [0, 0.1) is 6.92 Å². The lowest BCUT2D eigenvalue weighted by atomic mass is 10.1. The Kier molecular flexibility index (Phi) is 2.60. The number of carbonyl (C=O) groups is 2. The third kappa shape index (κ3) is 1.48. The predicted molar refractivity (Wildman–Crippen MR) is 49.2 cm³/mol. The summed E-state index contributed by atoms with van der Waals surface area (Å²) in [6.45, 7) is 2.91. The summed E-state index contributed by atoms with van der Waals surface area (Å²) in [5.74, 6) is -0.692. The molecular formula is C9H11NO4. The fraction of sp³-hybridized carbons (Fsp3) is 0.333. The molecule has 1 aromatic rings. The van der Waals surface area contributed by atoms with Gasteiger partial charge in [0.1, 0.15) is 11.3 Å². The Morgan fingerprint density at radius 3 is 2.36 bits per heavy atom. The van der Waals surface area contributed by atoms with Crippen molar-refractivity contribution < 1.29 is 18.7 Å². The maximum atomic E-state index is 11.3. The number of methoxy groups -OCH3 is 1. The van der Waals surface area contributed by atoms with Crippen molar-refractivity contribution in [2.24, 2.45) is 0 Å². The maximum absolute atomic E-state index is 11.3. The van der Waals surface area contributed by atoms with Gasteiger partial charge in [0.15, 0.2) is 5.78 Å². The second-order valence-electron chi connectivity index (χ2n) is 2.82. The van der Waals surface area contributed by atoms with Gasteiger partial charge in [-0.05, 0) is 13.8 Å². The molecule has 2 N–H and O–H groups in total. The second-order valence-corrected chi connectivity index (χ2v) is 2.82. The molecule has 0 spiro atoms. The standard InChI is InChI=1S/C9H11NO4/c1-4(11)6-5(2)14-8(10)7(6)9(12)13-3/h10H2,1-3H3.